The SMILES string of the molecule is O=C1NCCCC1NC(=O)C1CN(C(=O)C2CCCCC2)CCN1C(=O)C1CSCN1. The van der Waals surface area contributed by atoms with Gasteiger partial charge < -0.3 is 20.4 Å². The zero-order valence-corrected chi connectivity index (χ0v) is 18.8. The van der Waals surface area contributed by atoms with Gasteiger partial charge in [0.1, 0.15) is 12.1 Å². The molecule has 1 saturated carbocycles. The zero-order chi connectivity index (χ0) is 21.8. The maximum Gasteiger partial charge on any atom is 0.245 e. The van der Waals surface area contributed by atoms with Crippen molar-refractivity contribution in [2.45, 2.75) is 63.1 Å². The molecule has 3 heterocycles. The van der Waals surface area contributed by atoms with E-state index in [1.54, 1.807) is 21.6 Å². The quantitative estimate of drug-likeness (QED) is 0.540. The number of carbonyl (C=O) groups is 4. The maximum atomic E-state index is 13.2. The van der Waals surface area contributed by atoms with Crippen LogP contribution in [0.1, 0.15) is 44.9 Å². The number of thioether (sulfide) groups is 1. The van der Waals surface area contributed by atoms with E-state index in [9.17, 15) is 19.2 Å². The van der Waals surface area contributed by atoms with E-state index in [-0.39, 0.29) is 42.1 Å². The number of carbonyl (C=O) groups excluding carboxylic acids is 4. The first kappa shape index (κ1) is 22.4. The molecule has 1 aliphatic carbocycles. The maximum absolute atomic E-state index is 13.2. The largest absolute Gasteiger partial charge is 0.354 e. The van der Waals surface area contributed by atoms with Crippen LogP contribution in [0.3, 0.4) is 0 Å². The smallest absolute Gasteiger partial charge is 0.245 e. The third-order valence-electron chi connectivity index (χ3n) is 6.85. The standard InChI is InChI=1S/C21H33N5O4S/c27-18-15(7-4-8-22-18)24-19(28)17-11-25(20(29)14-5-2-1-3-6-14)9-10-26(17)21(30)16-12-31-13-23-16/h14-17,23H,1-13H2,(H,22,27)(H,24,28). The van der Waals surface area contributed by atoms with Crippen LogP contribution in [0.15, 0.2) is 0 Å². The molecule has 3 atom stereocenters. The lowest BCUT2D eigenvalue weighted by atomic mass is 9.88. The van der Waals surface area contributed by atoms with Gasteiger partial charge in [-0.1, -0.05) is 19.3 Å². The van der Waals surface area contributed by atoms with E-state index in [0.29, 0.717) is 31.8 Å². The topological polar surface area (TPSA) is 111 Å². The Balaban J connectivity index is 1.47. The van der Waals surface area contributed by atoms with Crippen molar-refractivity contribution in [3.05, 3.63) is 0 Å². The van der Waals surface area contributed by atoms with E-state index in [2.05, 4.69) is 16.0 Å². The van der Waals surface area contributed by atoms with Gasteiger partial charge in [-0.25, -0.2) is 0 Å². The molecule has 0 aromatic rings. The summed E-state index contributed by atoms with van der Waals surface area (Å²) >= 11 is 1.66. The first-order valence-electron chi connectivity index (χ1n) is 11.5. The summed E-state index contributed by atoms with van der Waals surface area (Å²) in [5.41, 5.74) is 0. The monoisotopic (exact) mass is 451 g/mol. The van der Waals surface area contributed by atoms with Crippen LogP contribution in [0.5, 0.6) is 0 Å². The predicted octanol–water partition coefficient (Wildman–Crippen LogP) is -0.337. The van der Waals surface area contributed by atoms with Gasteiger partial charge in [-0.2, -0.15) is 0 Å². The van der Waals surface area contributed by atoms with Gasteiger partial charge in [0.2, 0.25) is 23.6 Å². The summed E-state index contributed by atoms with van der Waals surface area (Å²) in [5.74, 6) is 0.906. The molecule has 0 radical (unpaired) electrons. The average Bonchev–Trinajstić information content (AvgIpc) is 3.35. The molecular weight excluding hydrogens is 418 g/mol. The van der Waals surface area contributed by atoms with Crippen molar-refractivity contribution in [1.29, 1.82) is 0 Å². The van der Waals surface area contributed by atoms with Crippen molar-refractivity contribution in [3.8, 4) is 0 Å². The van der Waals surface area contributed by atoms with Gasteiger partial charge in [0.05, 0.1) is 12.6 Å². The van der Waals surface area contributed by atoms with Gasteiger partial charge in [-0.15, -0.1) is 11.8 Å². The van der Waals surface area contributed by atoms with Gasteiger partial charge in [0.25, 0.3) is 0 Å². The molecule has 0 aromatic carbocycles. The third kappa shape index (κ3) is 5.16. The molecular formula is C21H33N5O4S. The van der Waals surface area contributed by atoms with Gasteiger partial charge >= 0.3 is 0 Å². The fourth-order valence-electron chi connectivity index (χ4n) is 5.01. The van der Waals surface area contributed by atoms with E-state index in [0.717, 1.165) is 38.0 Å². The molecule has 31 heavy (non-hydrogen) atoms. The van der Waals surface area contributed by atoms with Crippen LogP contribution in [-0.2, 0) is 19.2 Å². The van der Waals surface area contributed by atoms with Crippen molar-refractivity contribution in [3.63, 3.8) is 0 Å². The lowest BCUT2D eigenvalue weighted by Gasteiger charge is -2.43. The van der Waals surface area contributed by atoms with Gasteiger partial charge in [-0.05, 0) is 25.7 Å². The van der Waals surface area contributed by atoms with Crippen molar-refractivity contribution in [1.82, 2.24) is 25.8 Å². The van der Waals surface area contributed by atoms with Crippen LogP contribution in [-0.4, -0.2) is 89.4 Å². The summed E-state index contributed by atoms with van der Waals surface area (Å²) < 4.78 is 0. The molecule has 3 unspecified atom stereocenters. The number of rotatable bonds is 4. The van der Waals surface area contributed by atoms with E-state index in [1.807, 2.05) is 0 Å². The highest BCUT2D eigenvalue weighted by Gasteiger charge is 2.42. The van der Waals surface area contributed by atoms with E-state index in [4.69, 9.17) is 0 Å². The molecule has 10 heteroatoms. The Morgan fingerprint density at radius 3 is 2.52 bits per heavy atom. The minimum atomic E-state index is -0.768. The number of piperazine rings is 1. The fraction of sp³-hybridized carbons (Fsp3) is 0.810. The molecule has 0 bridgehead atoms. The summed E-state index contributed by atoms with van der Waals surface area (Å²) in [4.78, 5) is 55.0. The molecule has 172 valence electrons. The minimum Gasteiger partial charge on any atom is -0.354 e. The zero-order valence-electron chi connectivity index (χ0n) is 17.9. The summed E-state index contributed by atoms with van der Waals surface area (Å²) in [7, 11) is 0. The average molecular weight is 452 g/mol. The molecule has 4 amide bonds. The number of hydrogen-bond acceptors (Lipinski definition) is 6. The Hall–Kier alpha value is -1.81. The van der Waals surface area contributed by atoms with Gasteiger partial charge in [0, 0.05) is 37.2 Å². The second-order valence-corrected chi connectivity index (χ2v) is 9.96. The molecule has 0 aromatic heterocycles. The Kier molecular flexibility index (Phi) is 7.37. The highest BCUT2D eigenvalue weighted by Crippen LogP contribution is 2.27. The summed E-state index contributed by atoms with van der Waals surface area (Å²) in [5, 5.41) is 8.80. The van der Waals surface area contributed by atoms with Crippen molar-refractivity contribution < 1.29 is 19.2 Å². The highest BCUT2D eigenvalue weighted by molar-refractivity contribution is 7.99. The molecule has 4 aliphatic rings. The Morgan fingerprint density at radius 1 is 1.00 bits per heavy atom. The molecule has 3 N–H and O–H groups in total. The first-order chi connectivity index (χ1) is 15.0. The van der Waals surface area contributed by atoms with E-state index >= 15 is 0 Å². The van der Waals surface area contributed by atoms with Crippen LogP contribution in [0.25, 0.3) is 0 Å². The number of amides is 4. The van der Waals surface area contributed by atoms with Crippen LogP contribution in [0.4, 0.5) is 0 Å². The molecule has 3 aliphatic heterocycles. The first-order valence-corrected chi connectivity index (χ1v) is 12.7. The molecule has 4 rings (SSSR count). The summed E-state index contributed by atoms with van der Waals surface area (Å²) in [6.07, 6.45) is 6.51. The van der Waals surface area contributed by atoms with Gasteiger partial charge in [0.15, 0.2) is 0 Å². The lowest BCUT2D eigenvalue weighted by Crippen LogP contribution is -2.65. The Bertz CT molecular complexity index is 708. The second-order valence-electron chi connectivity index (χ2n) is 8.93. The number of piperidine rings is 1. The summed E-state index contributed by atoms with van der Waals surface area (Å²) in [6, 6.07) is -1.66. The molecule has 0 spiro atoms. The van der Waals surface area contributed by atoms with Crippen molar-refractivity contribution in [2.75, 3.05) is 37.8 Å². The van der Waals surface area contributed by atoms with Crippen molar-refractivity contribution >= 4 is 35.4 Å². The van der Waals surface area contributed by atoms with E-state index < -0.39 is 12.1 Å². The van der Waals surface area contributed by atoms with Crippen molar-refractivity contribution in [2.24, 2.45) is 5.92 Å². The second kappa shape index (κ2) is 10.2. The van der Waals surface area contributed by atoms with Crippen LogP contribution < -0.4 is 16.0 Å². The van der Waals surface area contributed by atoms with Crippen LogP contribution in [0, 0.1) is 5.92 Å². The molecule has 9 nitrogen and oxygen atoms in total. The van der Waals surface area contributed by atoms with Crippen LogP contribution >= 0.6 is 11.8 Å². The summed E-state index contributed by atoms with van der Waals surface area (Å²) in [6.45, 7) is 1.61. The molecule has 4 fully saturated rings. The van der Waals surface area contributed by atoms with E-state index in [1.165, 1.54) is 6.42 Å². The normalized spacial score (nSPS) is 30.1. The number of hydrogen-bond donors (Lipinski definition) is 3. The van der Waals surface area contributed by atoms with Crippen LogP contribution in [0.2, 0.25) is 0 Å². The third-order valence-corrected chi connectivity index (χ3v) is 7.79. The fourth-order valence-corrected chi connectivity index (χ4v) is 5.94. The number of nitrogens with one attached hydrogen (secondary N) is 3. The Labute approximate surface area is 187 Å². The molecule has 3 saturated heterocycles. The predicted molar refractivity (Wildman–Crippen MR) is 117 cm³/mol. The minimum absolute atomic E-state index is 0.0248. The van der Waals surface area contributed by atoms with Gasteiger partial charge in [-0.3, -0.25) is 24.5 Å². The highest BCUT2D eigenvalue weighted by atomic mass is 32.2. The number of nitrogens with zero attached hydrogens (tertiary/aromatic N) is 2. The Morgan fingerprint density at radius 2 is 1.81 bits per heavy atom. The lowest BCUT2D eigenvalue weighted by molar-refractivity contribution is -0.151.